The first kappa shape index (κ1) is 13.1. The van der Waals surface area contributed by atoms with E-state index in [1.165, 1.54) is 0 Å². The Morgan fingerprint density at radius 1 is 1.39 bits per heavy atom. The smallest absolute Gasteiger partial charge is 0.307 e. The zero-order chi connectivity index (χ0) is 13.5. The molecule has 0 spiro atoms. The van der Waals surface area contributed by atoms with Crippen LogP contribution in [0.4, 0.5) is 0 Å². The van der Waals surface area contributed by atoms with E-state index >= 15 is 0 Å². The zero-order valence-electron chi connectivity index (χ0n) is 10.7. The minimum atomic E-state index is -0.883. The number of hydrogen-bond donors (Lipinski definition) is 2. The second-order valence-electron chi connectivity index (χ2n) is 5.41. The van der Waals surface area contributed by atoms with Crippen LogP contribution in [0.2, 0.25) is 0 Å². The lowest BCUT2D eigenvalue weighted by Gasteiger charge is -2.05. The SMILES string of the molecule is Cc1cscc1CNC(=O)C1C(C(=O)O)C1(C)C. The molecule has 0 saturated heterocycles. The highest BCUT2D eigenvalue weighted by Crippen LogP contribution is 2.58. The summed E-state index contributed by atoms with van der Waals surface area (Å²) in [6.45, 7) is 6.13. The Bertz CT molecular complexity index is 492. The fourth-order valence-electron chi connectivity index (χ4n) is 2.45. The summed E-state index contributed by atoms with van der Waals surface area (Å²) in [5.74, 6) is -2.00. The van der Waals surface area contributed by atoms with Crippen LogP contribution in [0.15, 0.2) is 10.8 Å². The van der Waals surface area contributed by atoms with Gasteiger partial charge in [0.1, 0.15) is 0 Å². The Hall–Kier alpha value is -1.36. The van der Waals surface area contributed by atoms with E-state index in [1.807, 2.05) is 31.5 Å². The second-order valence-corrected chi connectivity index (χ2v) is 6.16. The van der Waals surface area contributed by atoms with Crippen LogP contribution in [0.5, 0.6) is 0 Å². The van der Waals surface area contributed by atoms with Gasteiger partial charge in [0.05, 0.1) is 11.8 Å². The van der Waals surface area contributed by atoms with Crippen molar-refractivity contribution in [3.63, 3.8) is 0 Å². The van der Waals surface area contributed by atoms with Crippen LogP contribution in [-0.2, 0) is 16.1 Å². The van der Waals surface area contributed by atoms with E-state index in [-0.39, 0.29) is 5.91 Å². The fraction of sp³-hybridized carbons (Fsp3) is 0.538. The van der Waals surface area contributed by atoms with Gasteiger partial charge in [-0.25, -0.2) is 0 Å². The van der Waals surface area contributed by atoms with Crippen LogP contribution >= 0.6 is 11.3 Å². The second kappa shape index (κ2) is 4.39. The molecular weight excluding hydrogens is 250 g/mol. The first-order valence-electron chi connectivity index (χ1n) is 5.88. The van der Waals surface area contributed by atoms with Crippen molar-refractivity contribution >= 4 is 23.2 Å². The molecule has 0 radical (unpaired) electrons. The monoisotopic (exact) mass is 267 g/mol. The van der Waals surface area contributed by atoms with Crippen molar-refractivity contribution in [3.8, 4) is 0 Å². The summed E-state index contributed by atoms with van der Waals surface area (Å²) in [7, 11) is 0. The number of aliphatic carboxylic acids is 1. The van der Waals surface area contributed by atoms with Crippen LogP contribution in [0.1, 0.15) is 25.0 Å². The number of aryl methyl sites for hydroxylation is 1. The number of carboxylic acids is 1. The predicted molar refractivity (Wildman–Crippen MR) is 69.3 cm³/mol. The molecule has 18 heavy (non-hydrogen) atoms. The summed E-state index contributed by atoms with van der Waals surface area (Å²) in [4.78, 5) is 23.0. The fourth-order valence-corrected chi connectivity index (χ4v) is 3.31. The lowest BCUT2D eigenvalue weighted by atomic mass is 10.1. The number of thiophene rings is 1. The molecule has 2 rings (SSSR count). The first-order chi connectivity index (χ1) is 8.35. The summed E-state index contributed by atoms with van der Waals surface area (Å²) in [5, 5.41) is 15.9. The van der Waals surface area contributed by atoms with Gasteiger partial charge in [-0.1, -0.05) is 13.8 Å². The number of amides is 1. The number of carbonyl (C=O) groups is 2. The van der Waals surface area contributed by atoms with Gasteiger partial charge in [-0.15, -0.1) is 0 Å². The maximum absolute atomic E-state index is 12.0. The van der Waals surface area contributed by atoms with E-state index in [9.17, 15) is 9.59 Å². The van der Waals surface area contributed by atoms with Gasteiger partial charge in [-0.05, 0) is 34.2 Å². The number of rotatable bonds is 4. The van der Waals surface area contributed by atoms with Gasteiger partial charge in [0.2, 0.25) is 5.91 Å². The Labute approximate surface area is 110 Å². The van der Waals surface area contributed by atoms with Gasteiger partial charge in [0, 0.05) is 6.54 Å². The quantitative estimate of drug-likeness (QED) is 0.877. The van der Waals surface area contributed by atoms with E-state index in [0.717, 1.165) is 11.1 Å². The van der Waals surface area contributed by atoms with Crippen molar-refractivity contribution in [1.29, 1.82) is 0 Å². The molecular formula is C13H17NO3S. The molecule has 1 aromatic heterocycles. The molecule has 1 aliphatic carbocycles. The first-order valence-corrected chi connectivity index (χ1v) is 6.82. The van der Waals surface area contributed by atoms with Crippen molar-refractivity contribution < 1.29 is 14.7 Å². The highest BCUT2D eigenvalue weighted by Gasteiger charge is 2.65. The molecule has 2 N–H and O–H groups in total. The predicted octanol–water partition coefficient (Wildman–Crippen LogP) is 2.03. The summed E-state index contributed by atoms with van der Waals surface area (Å²) < 4.78 is 0. The lowest BCUT2D eigenvalue weighted by molar-refractivity contribution is -0.140. The molecule has 2 unspecified atom stereocenters. The van der Waals surface area contributed by atoms with Crippen LogP contribution in [0, 0.1) is 24.2 Å². The number of carboxylic acid groups (broad SMARTS) is 1. The van der Waals surface area contributed by atoms with Crippen molar-refractivity contribution in [1.82, 2.24) is 5.32 Å². The lowest BCUT2D eigenvalue weighted by Crippen LogP contribution is -2.26. The molecule has 1 saturated carbocycles. The van der Waals surface area contributed by atoms with Crippen LogP contribution in [0.3, 0.4) is 0 Å². The number of hydrogen-bond acceptors (Lipinski definition) is 3. The Morgan fingerprint density at radius 2 is 2.06 bits per heavy atom. The number of carbonyl (C=O) groups excluding carboxylic acids is 1. The van der Waals surface area contributed by atoms with E-state index in [1.54, 1.807) is 11.3 Å². The van der Waals surface area contributed by atoms with Crippen LogP contribution < -0.4 is 5.32 Å². The maximum atomic E-state index is 12.0. The highest BCUT2D eigenvalue weighted by atomic mass is 32.1. The average molecular weight is 267 g/mol. The standard InChI is InChI=1S/C13H17NO3S/c1-7-5-18-6-8(7)4-14-11(15)9-10(12(16)17)13(9,2)3/h5-6,9-10H,4H2,1-3H3,(H,14,15)(H,16,17). The van der Waals surface area contributed by atoms with Gasteiger partial charge >= 0.3 is 5.97 Å². The van der Waals surface area contributed by atoms with Gasteiger partial charge in [-0.2, -0.15) is 11.3 Å². The third-order valence-corrected chi connectivity index (χ3v) is 4.70. The molecule has 0 aromatic carbocycles. The van der Waals surface area contributed by atoms with Crippen LogP contribution in [-0.4, -0.2) is 17.0 Å². The maximum Gasteiger partial charge on any atom is 0.307 e. The Kier molecular flexibility index (Phi) is 3.19. The molecule has 1 amide bonds. The normalized spacial score (nSPS) is 24.6. The molecule has 0 aliphatic heterocycles. The minimum absolute atomic E-state index is 0.155. The van der Waals surface area contributed by atoms with Crippen molar-refractivity contribution in [2.75, 3.05) is 0 Å². The molecule has 2 atom stereocenters. The molecule has 5 heteroatoms. The van der Waals surface area contributed by atoms with Gasteiger partial charge in [0.25, 0.3) is 0 Å². The largest absolute Gasteiger partial charge is 0.481 e. The number of nitrogens with one attached hydrogen (secondary N) is 1. The summed E-state index contributed by atoms with van der Waals surface area (Å²) in [5.41, 5.74) is 1.82. The Morgan fingerprint density at radius 3 is 2.50 bits per heavy atom. The van der Waals surface area contributed by atoms with Crippen molar-refractivity contribution in [2.24, 2.45) is 17.3 Å². The van der Waals surface area contributed by atoms with E-state index in [2.05, 4.69) is 5.32 Å². The van der Waals surface area contributed by atoms with Crippen molar-refractivity contribution in [2.45, 2.75) is 27.3 Å². The minimum Gasteiger partial charge on any atom is -0.481 e. The van der Waals surface area contributed by atoms with E-state index in [0.29, 0.717) is 6.54 Å². The molecule has 1 fully saturated rings. The van der Waals surface area contributed by atoms with Gasteiger partial charge < -0.3 is 10.4 Å². The van der Waals surface area contributed by atoms with Gasteiger partial charge in [-0.3, -0.25) is 9.59 Å². The molecule has 1 aliphatic rings. The molecule has 1 aromatic rings. The molecule has 0 bridgehead atoms. The average Bonchev–Trinajstić information content (AvgIpc) is 2.62. The van der Waals surface area contributed by atoms with Crippen LogP contribution in [0.25, 0.3) is 0 Å². The van der Waals surface area contributed by atoms with Gasteiger partial charge in [0.15, 0.2) is 0 Å². The molecule has 1 heterocycles. The zero-order valence-corrected chi connectivity index (χ0v) is 11.5. The summed E-state index contributed by atoms with van der Waals surface area (Å²) in [6.07, 6.45) is 0. The highest BCUT2D eigenvalue weighted by molar-refractivity contribution is 7.08. The van der Waals surface area contributed by atoms with E-state index < -0.39 is 23.2 Å². The summed E-state index contributed by atoms with van der Waals surface area (Å²) in [6, 6.07) is 0. The summed E-state index contributed by atoms with van der Waals surface area (Å²) >= 11 is 1.60. The molecule has 98 valence electrons. The van der Waals surface area contributed by atoms with E-state index in [4.69, 9.17) is 5.11 Å². The third kappa shape index (κ3) is 2.14. The molecule has 4 nitrogen and oxygen atoms in total. The Balaban J connectivity index is 1.94. The topological polar surface area (TPSA) is 66.4 Å². The van der Waals surface area contributed by atoms with Crippen molar-refractivity contribution in [3.05, 3.63) is 21.9 Å². The third-order valence-electron chi connectivity index (χ3n) is 3.79.